The van der Waals surface area contributed by atoms with E-state index in [4.69, 9.17) is 9.47 Å². The maximum absolute atomic E-state index is 14.5. The van der Waals surface area contributed by atoms with E-state index in [9.17, 15) is 24.3 Å². The van der Waals surface area contributed by atoms with Crippen LogP contribution in [0.2, 0.25) is 0 Å². The molecule has 0 spiro atoms. The molecular formula is C37H33BrN2O7. The van der Waals surface area contributed by atoms with E-state index in [0.717, 1.165) is 10.0 Å². The second-order valence-electron chi connectivity index (χ2n) is 12.7. The number of ether oxygens (including phenoxy) is 2. The minimum atomic E-state index is -1.15. The third-order valence-corrected chi connectivity index (χ3v) is 11.0. The minimum Gasteiger partial charge on any atom is -0.502 e. The second kappa shape index (κ2) is 11.5. The fourth-order valence-corrected chi connectivity index (χ4v) is 8.37. The van der Waals surface area contributed by atoms with Gasteiger partial charge in [-0.1, -0.05) is 57.9 Å². The Morgan fingerprint density at radius 3 is 2.13 bits per heavy atom. The van der Waals surface area contributed by atoms with E-state index in [1.807, 2.05) is 31.2 Å². The van der Waals surface area contributed by atoms with Gasteiger partial charge in [0.1, 0.15) is 0 Å². The van der Waals surface area contributed by atoms with Gasteiger partial charge in [0.15, 0.2) is 11.5 Å². The van der Waals surface area contributed by atoms with Crippen LogP contribution < -0.4 is 19.3 Å². The van der Waals surface area contributed by atoms with Gasteiger partial charge in [-0.15, -0.1) is 0 Å². The van der Waals surface area contributed by atoms with E-state index >= 15 is 0 Å². The van der Waals surface area contributed by atoms with Gasteiger partial charge in [-0.3, -0.25) is 24.1 Å². The van der Waals surface area contributed by atoms with Gasteiger partial charge >= 0.3 is 0 Å². The normalized spacial score (nSPS) is 28.3. The smallest absolute Gasteiger partial charge is 0.241 e. The second-order valence-corrected chi connectivity index (χ2v) is 13.6. The van der Waals surface area contributed by atoms with Crippen molar-refractivity contribution in [1.82, 2.24) is 0 Å². The van der Waals surface area contributed by atoms with Gasteiger partial charge in [-0.05, 0) is 79.8 Å². The van der Waals surface area contributed by atoms with Crippen molar-refractivity contribution < 1.29 is 33.8 Å². The summed E-state index contributed by atoms with van der Waals surface area (Å²) in [6.45, 7) is 1.84. The number of anilines is 2. The van der Waals surface area contributed by atoms with Crippen LogP contribution >= 0.6 is 15.9 Å². The van der Waals surface area contributed by atoms with E-state index in [0.29, 0.717) is 23.4 Å². The standard InChI is InChI=1S/C37H33BrN2O7/c1-37-27(16-9-20-17-29(46-2)32(41)30(18-20)47-3)24-14-15-25-31(35(44)39(33(25)42)23-12-10-21(38)11-13-23)26(24)19-28(37)34(43)40(36(37)45)22-7-5-4-6-8-22/h4-14,16-18,25-28,31,41H,15,19H2,1-3H3/t25-,26+,27-,28-,31-,37-/m0/s1. The first-order valence-electron chi connectivity index (χ1n) is 15.5. The van der Waals surface area contributed by atoms with E-state index in [1.54, 1.807) is 60.7 Å². The molecule has 2 aliphatic heterocycles. The van der Waals surface area contributed by atoms with Crippen molar-refractivity contribution in [3.05, 3.63) is 94.5 Å². The fourth-order valence-electron chi connectivity index (χ4n) is 8.10. The molecule has 240 valence electrons. The molecule has 3 aromatic carbocycles. The number of nitrogens with zero attached hydrogens (tertiary/aromatic N) is 2. The first-order chi connectivity index (χ1) is 22.6. The summed E-state index contributed by atoms with van der Waals surface area (Å²) in [4.78, 5) is 59.2. The molecule has 7 rings (SSSR count). The zero-order valence-electron chi connectivity index (χ0n) is 26.1. The summed E-state index contributed by atoms with van der Waals surface area (Å²) in [5.41, 5.74) is 1.39. The molecule has 47 heavy (non-hydrogen) atoms. The van der Waals surface area contributed by atoms with Crippen LogP contribution in [-0.2, 0) is 19.2 Å². The third kappa shape index (κ3) is 4.64. The summed E-state index contributed by atoms with van der Waals surface area (Å²) in [7, 11) is 2.89. The van der Waals surface area contributed by atoms with Crippen LogP contribution in [0, 0.1) is 35.0 Å². The number of aromatic hydroxyl groups is 1. The number of carbonyl (C=O) groups excluding carboxylic acids is 4. The summed E-state index contributed by atoms with van der Waals surface area (Å²) in [5, 5.41) is 10.5. The minimum absolute atomic E-state index is 0.132. The average Bonchev–Trinajstić information content (AvgIpc) is 3.45. The average molecular weight is 698 g/mol. The fraction of sp³-hybridized carbons (Fsp3) is 0.297. The number of imide groups is 2. The van der Waals surface area contributed by atoms with Gasteiger partial charge in [-0.2, -0.15) is 0 Å². The van der Waals surface area contributed by atoms with Gasteiger partial charge in [0, 0.05) is 10.4 Å². The highest BCUT2D eigenvalue weighted by Gasteiger charge is 2.66. The Balaban J connectivity index is 1.34. The van der Waals surface area contributed by atoms with Crippen LogP contribution in [0.15, 0.2) is 88.9 Å². The van der Waals surface area contributed by atoms with E-state index < -0.39 is 35.0 Å². The molecule has 2 heterocycles. The van der Waals surface area contributed by atoms with Gasteiger partial charge in [-0.25, -0.2) is 4.90 Å². The molecule has 2 aliphatic carbocycles. The van der Waals surface area contributed by atoms with Gasteiger partial charge < -0.3 is 14.6 Å². The van der Waals surface area contributed by atoms with E-state index in [1.165, 1.54) is 24.0 Å². The lowest BCUT2D eigenvalue weighted by atomic mass is 9.52. The summed E-state index contributed by atoms with van der Waals surface area (Å²) in [5.74, 6) is -3.76. The topological polar surface area (TPSA) is 113 Å². The predicted octanol–water partition coefficient (Wildman–Crippen LogP) is 6.15. The highest BCUT2D eigenvalue weighted by molar-refractivity contribution is 9.10. The Labute approximate surface area is 280 Å². The van der Waals surface area contributed by atoms with Crippen molar-refractivity contribution in [2.45, 2.75) is 19.8 Å². The number of carbonyl (C=O) groups is 4. The van der Waals surface area contributed by atoms with E-state index in [2.05, 4.69) is 15.9 Å². The molecule has 3 fully saturated rings. The number of phenolic OH excluding ortho intramolecular Hbond substituents is 1. The number of para-hydroxylation sites is 1. The molecule has 1 saturated carbocycles. The van der Waals surface area contributed by atoms with Crippen molar-refractivity contribution in [2.24, 2.45) is 35.0 Å². The largest absolute Gasteiger partial charge is 0.502 e. The lowest BCUT2D eigenvalue weighted by molar-refractivity contribution is -0.132. The Bertz CT molecular complexity index is 1850. The van der Waals surface area contributed by atoms with Crippen LogP contribution in [0.1, 0.15) is 25.3 Å². The SMILES string of the molecule is COc1cc(C=C[C@H]2C3=CC[C@@H]4C(=O)N(c5ccc(Br)cc5)C(=O)[C@@H]4[C@@H]3C[C@H]3C(=O)N(c4ccccc4)C(=O)[C@@]23C)cc(OC)c1O. The highest BCUT2D eigenvalue weighted by Crippen LogP contribution is 2.61. The Kier molecular flexibility index (Phi) is 7.58. The predicted molar refractivity (Wildman–Crippen MR) is 179 cm³/mol. The molecule has 0 aromatic heterocycles. The molecule has 9 nitrogen and oxygen atoms in total. The molecule has 1 N–H and O–H groups in total. The van der Waals surface area contributed by atoms with Crippen LogP contribution in [0.25, 0.3) is 6.08 Å². The van der Waals surface area contributed by atoms with E-state index in [-0.39, 0.29) is 47.3 Å². The van der Waals surface area contributed by atoms with Crippen molar-refractivity contribution in [2.75, 3.05) is 24.0 Å². The maximum atomic E-state index is 14.5. The van der Waals surface area contributed by atoms with Crippen LogP contribution in [0.3, 0.4) is 0 Å². The molecule has 4 aliphatic rings. The van der Waals surface area contributed by atoms with Crippen molar-refractivity contribution >= 4 is 57.0 Å². The quantitative estimate of drug-likeness (QED) is 0.243. The molecular weight excluding hydrogens is 664 g/mol. The first-order valence-corrected chi connectivity index (χ1v) is 16.3. The molecule has 4 amide bonds. The van der Waals surface area contributed by atoms with Crippen LogP contribution in [0.5, 0.6) is 17.2 Å². The number of phenols is 1. The van der Waals surface area contributed by atoms with Gasteiger partial charge in [0.25, 0.3) is 0 Å². The molecule has 0 radical (unpaired) electrons. The molecule has 3 aromatic rings. The molecule has 6 atom stereocenters. The number of allylic oxidation sites excluding steroid dienone is 3. The zero-order chi connectivity index (χ0) is 33.2. The maximum Gasteiger partial charge on any atom is 0.241 e. The third-order valence-electron chi connectivity index (χ3n) is 10.4. The molecule has 0 unspecified atom stereocenters. The van der Waals surface area contributed by atoms with Crippen LogP contribution in [0.4, 0.5) is 11.4 Å². The summed E-state index contributed by atoms with van der Waals surface area (Å²) >= 11 is 3.42. The number of hydrogen-bond acceptors (Lipinski definition) is 7. The van der Waals surface area contributed by atoms with Crippen LogP contribution in [-0.4, -0.2) is 43.0 Å². The monoisotopic (exact) mass is 696 g/mol. The highest BCUT2D eigenvalue weighted by atomic mass is 79.9. The molecule has 10 heteroatoms. The number of methoxy groups -OCH3 is 2. The Hall–Kier alpha value is -4.70. The number of halogens is 1. The van der Waals surface area contributed by atoms with Crippen molar-refractivity contribution in [3.63, 3.8) is 0 Å². The first kappa shape index (κ1) is 30.9. The van der Waals surface area contributed by atoms with Crippen molar-refractivity contribution in [1.29, 1.82) is 0 Å². The lowest BCUT2D eigenvalue weighted by Gasteiger charge is -2.47. The number of fused-ring (bicyclic) bond motifs is 4. The number of benzene rings is 3. The number of hydrogen-bond donors (Lipinski definition) is 1. The lowest BCUT2D eigenvalue weighted by Crippen LogP contribution is -2.49. The zero-order valence-corrected chi connectivity index (χ0v) is 27.6. The van der Waals surface area contributed by atoms with Gasteiger partial charge in [0.05, 0.1) is 48.8 Å². The summed E-state index contributed by atoms with van der Waals surface area (Å²) in [6.07, 6.45) is 6.37. The Morgan fingerprint density at radius 2 is 1.49 bits per heavy atom. The summed E-state index contributed by atoms with van der Waals surface area (Å²) < 4.78 is 11.5. The Morgan fingerprint density at radius 1 is 0.851 bits per heavy atom. The number of rotatable bonds is 6. The summed E-state index contributed by atoms with van der Waals surface area (Å²) in [6, 6.07) is 19.3. The molecule has 2 saturated heterocycles. The number of amides is 4. The van der Waals surface area contributed by atoms with Gasteiger partial charge in [0.2, 0.25) is 29.4 Å². The van der Waals surface area contributed by atoms with Crippen molar-refractivity contribution in [3.8, 4) is 17.2 Å². The molecule has 0 bridgehead atoms.